The van der Waals surface area contributed by atoms with E-state index in [1.54, 1.807) is 36.4 Å². The minimum Gasteiger partial charge on any atom is -0.453 e. The minimum absolute atomic E-state index is 0.199. The Morgan fingerprint density at radius 2 is 2.00 bits per heavy atom. The molecule has 0 saturated carbocycles. The number of carbonyl (C=O) groups is 1. The molecule has 0 spiro atoms. The Kier molecular flexibility index (Phi) is 2.84. The van der Waals surface area contributed by atoms with Crippen LogP contribution in [0.5, 0.6) is 0 Å². The molecule has 0 fully saturated rings. The Bertz CT molecular complexity index is 777. The van der Waals surface area contributed by atoms with E-state index in [0.29, 0.717) is 33.6 Å². The Morgan fingerprint density at radius 3 is 2.74 bits per heavy atom. The molecule has 0 radical (unpaired) electrons. The van der Waals surface area contributed by atoms with E-state index in [4.69, 9.17) is 16.0 Å². The standard InChI is InChI=1S/C15H8ClFO2/c16-12-5-9(8-18)4-11(6-12)14-7-10-2-1-3-13(17)15(10)19-14/h1-8H. The fraction of sp³-hybridized carbons (Fsp3) is 0. The van der Waals surface area contributed by atoms with Crippen molar-refractivity contribution in [3.63, 3.8) is 0 Å². The van der Waals surface area contributed by atoms with Crippen LogP contribution in [0.15, 0.2) is 46.9 Å². The third-order valence-electron chi connectivity index (χ3n) is 2.84. The molecule has 1 heterocycles. The third-order valence-corrected chi connectivity index (χ3v) is 3.05. The zero-order valence-electron chi connectivity index (χ0n) is 9.69. The molecular weight excluding hydrogens is 267 g/mol. The molecule has 3 aromatic rings. The molecule has 94 valence electrons. The van der Waals surface area contributed by atoms with Gasteiger partial charge < -0.3 is 4.42 Å². The molecule has 0 unspecified atom stereocenters. The van der Waals surface area contributed by atoms with Gasteiger partial charge in [-0.3, -0.25) is 4.79 Å². The maximum absolute atomic E-state index is 13.6. The van der Waals surface area contributed by atoms with Crippen LogP contribution < -0.4 is 0 Å². The fourth-order valence-corrected chi connectivity index (χ4v) is 2.24. The average molecular weight is 275 g/mol. The van der Waals surface area contributed by atoms with Gasteiger partial charge in [0.25, 0.3) is 0 Å². The second-order valence-corrected chi connectivity index (χ2v) is 4.60. The summed E-state index contributed by atoms with van der Waals surface area (Å²) in [7, 11) is 0. The van der Waals surface area contributed by atoms with Crippen LogP contribution in [0.3, 0.4) is 0 Å². The van der Waals surface area contributed by atoms with E-state index >= 15 is 0 Å². The predicted octanol–water partition coefficient (Wildman–Crippen LogP) is 4.70. The van der Waals surface area contributed by atoms with Gasteiger partial charge >= 0.3 is 0 Å². The summed E-state index contributed by atoms with van der Waals surface area (Å²) in [4.78, 5) is 10.8. The van der Waals surface area contributed by atoms with Crippen molar-refractivity contribution in [3.05, 3.63) is 58.9 Å². The SMILES string of the molecule is O=Cc1cc(Cl)cc(-c2cc3cccc(F)c3o2)c1. The van der Waals surface area contributed by atoms with E-state index in [1.165, 1.54) is 6.07 Å². The summed E-state index contributed by atoms with van der Waals surface area (Å²) < 4.78 is 19.1. The average Bonchev–Trinajstić information content (AvgIpc) is 2.83. The molecule has 4 heteroatoms. The normalized spacial score (nSPS) is 10.8. The van der Waals surface area contributed by atoms with Gasteiger partial charge in [-0.05, 0) is 30.3 Å². The Balaban J connectivity index is 2.21. The zero-order chi connectivity index (χ0) is 13.4. The first-order chi connectivity index (χ1) is 9.17. The highest BCUT2D eigenvalue weighted by Gasteiger charge is 2.10. The van der Waals surface area contributed by atoms with Crippen molar-refractivity contribution in [1.82, 2.24) is 0 Å². The zero-order valence-corrected chi connectivity index (χ0v) is 10.4. The molecule has 19 heavy (non-hydrogen) atoms. The quantitative estimate of drug-likeness (QED) is 0.634. The van der Waals surface area contributed by atoms with Gasteiger partial charge in [0.2, 0.25) is 0 Å². The van der Waals surface area contributed by atoms with E-state index in [9.17, 15) is 9.18 Å². The number of hydrogen-bond donors (Lipinski definition) is 0. The summed E-state index contributed by atoms with van der Waals surface area (Å²) in [5.74, 6) is 0.0621. The number of halogens is 2. The predicted molar refractivity (Wildman–Crippen MR) is 72.0 cm³/mol. The molecule has 0 N–H and O–H groups in total. The molecule has 3 rings (SSSR count). The summed E-state index contributed by atoms with van der Waals surface area (Å²) in [6.45, 7) is 0. The number of benzene rings is 2. The van der Waals surface area contributed by atoms with Crippen LogP contribution in [0.25, 0.3) is 22.3 Å². The van der Waals surface area contributed by atoms with E-state index in [2.05, 4.69) is 0 Å². The number of furan rings is 1. The lowest BCUT2D eigenvalue weighted by Gasteiger charge is -1.99. The Hall–Kier alpha value is -2.13. The molecule has 0 aliphatic carbocycles. The molecule has 0 saturated heterocycles. The summed E-state index contributed by atoms with van der Waals surface area (Å²) in [6, 6.07) is 11.3. The number of carbonyl (C=O) groups excluding carboxylic acids is 1. The smallest absolute Gasteiger partial charge is 0.170 e. The summed E-state index contributed by atoms with van der Waals surface area (Å²) in [5.41, 5.74) is 1.29. The minimum atomic E-state index is -0.415. The molecule has 2 nitrogen and oxygen atoms in total. The number of rotatable bonds is 2. The second-order valence-electron chi connectivity index (χ2n) is 4.16. The van der Waals surface area contributed by atoms with Gasteiger partial charge in [0, 0.05) is 21.5 Å². The van der Waals surface area contributed by atoms with Crippen molar-refractivity contribution in [2.24, 2.45) is 0 Å². The van der Waals surface area contributed by atoms with Crippen molar-refractivity contribution in [2.45, 2.75) is 0 Å². The van der Waals surface area contributed by atoms with Gasteiger partial charge in [-0.1, -0.05) is 23.7 Å². The van der Waals surface area contributed by atoms with Crippen LogP contribution in [-0.4, -0.2) is 6.29 Å². The maximum Gasteiger partial charge on any atom is 0.170 e. The Labute approximate surface area is 113 Å². The molecule has 1 aromatic heterocycles. The van der Waals surface area contributed by atoms with Crippen LogP contribution in [0, 0.1) is 5.82 Å². The van der Waals surface area contributed by atoms with Gasteiger partial charge in [0.1, 0.15) is 12.0 Å². The van der Waals surface area contributed by atoms with E-state index in [1.807, 2.05) is 0 Å². The van der Waals surface area contributed by atoms with Crippen LogP contribution in [0.1, 0.15) is 10.4 Å². The Morgan fingerprint density at radius 1 is 1.16 bits per heavy atom. The summed E-state index contributed by atoms with van der Waals surface area (Å²) in [6.07, 6.45) is 0.707. The van der Waals surface area contributed by atoms with Crippen molar-refractivity contribution < 1.29 is 13.6 Å². The number of para-hydroxylation sites is 1. The van der Waals surface area contributed by atoms with Crippen LogP contribution in [0.2, 0.25) is 5.02 Å². The summed E-state index contributed by atoms with van der Waals surface area (Å²) in [5, 5.41) is 1.10. The molecule has 0 atom stereocenters. The van der Waals surface area contributed by atoms with Crippen molar-refractivity contribution in [1.29, 1.82) is 0 Å². The third kappa shape index (κ3) is 2.13. The van der Waals surface area contributed by atoms with Crippen LogP contribution >= 0.6 is 11.6 Å². The first-order valence-electron chi connectivity index (χ1n) is 5.61. The topological polar surface area (TPSA) is 30.2 Å². The molecule has 0 aliphatic rings. The highest BCUT2D eigenvalue weighted by Crippen LogP contribution is 2.31. The van der Waals surface area contributed by atoms with Gasteiger partial charge in [0.15, 0.2) is 11.4 Å². The lowest BCUT2D eigenvalue weighted by molar-refractivity contribution is 0.112. The van der Waals surface area contributed by atoms with E-state index in [-0.39, 0.29) is 5.58 Å². The highest BCUT2D eigenvalue weighted by molar-refractivity contribution is 6.31. The highest BCUT2D eigenvalue weighted by atomic mass is 35.5. The van der Waals surface area contributed by atoms with Gasteiger partial charge in [0.05, 0.1) is 0 Å². The van der Waals surface area contributed by atoms with E-state index in [0.717, 1.165) is 0 Å². The molecule has 0 amide bonds. The number of hydrogen-bond acceptors (Lipinski definition) is 2. The fourth-order valence-electron chi connectivity index (χ4n) is 1.99. The van der Waals surface area contributed by atoms with Crippen LogP contribution in [0.4, 0.5) is 4.39 Å². The first kappa shape index (κ1) is 11.9. The van der Waals surface area contributed by atoms with E-state index < -0.39 is 5.82 Å². The van der Waals surface area contributed by atoms with Crippen molar-refractivity contribution in [2.75, 3.05) is 0 Å². The largest absolute Gasteiger partial charge is 0.453 e. The lowest BCUT2D eigenvalue weighted by Crippen LogP contribution is -1.82. The number of fused-ring (bicyclic) bond motifs is 1. The molecule has 2 aromatic carbocycles. The summed E-state index contributed by atoms with van der Waals surface area (Å²) >= 11 is 5.93. The first-order valence-corrected chi connectivity index (χ1v) is 5.99. The monoisotopic (exact) mass is 274 g/mol. The van der Waals surface area contributed by atoms with Gasteiger partial charge in [-0.15, -0.1) is 0 Å². The van der Waals surface area contributed by atoms with Gasteiger partial charge in [-0.25, -0.2) is 4.39 Å². The molecule has 0 aliphatic heterocycles. The van der Waals surface area contributed by atoms with Crippen molar-refractivity contribution in [3.8, 4) is 11.3 Å². The van der Waals surface area contributed by atoms with Crippen molar-refractivity contribution >= 4 is 28.9 Å². The molecule has 0 bridgehead atoms. The van der Waals surface area contributed by atoms with Gasteiger partial charge in [-0.2, -0.15) is 0 Å². The lowest BCUT2D eigenvalue weighted by atomic mass is 10.1. The number of aldehydes is 1. The molecular formula is C15H8ClFO2. The second kappa shape index (κ2) is 4.52. The maximum atomic E-state index is 13.6. The van der Waals surface area contributed by atoms with Crippen LogP contribution in [-0.2, 0) is 0 Å².